The SMILES string of the molecule is C=CCCCCCCCCC(=O)O.[Co+2]. The van der Waals surface area contributed by atoms with Gasteiger partial charge in [0, 0.05) is 6.42 Å². The van der Waals surface area contributed by atoms with Crippen molar-refractivity contribution in [2.75, 3.05) is 0 Å². The summed E-state index contributed by atoms with van der Waals surface area (Å²) >= 11 is 0. The molecule has 0 aliphatic rings. The van der Waals surface area contributed by atoms with Crippen molar-refractivity contribution in [3.05, 3.63) is 12.7 Å². The minimum Gasteiger partial charge on any atom is -0.481 e. The molecule has 0 amide bonds. The number of allylic oxidation sites excluding steroid dienone is 1. The predicted molar refractivity (Wildman–Crippen MR) is 54.8 cm³/mol. The van der Waals surface area contributed by atoms with Gasteiger partial charge < -0.3 is 5.11 Å². The van der Waals surface area contributed by atoms with Crippen molar-refractivity contribution in [2.45, 2.75) is 51.4 Å². The van der Waals surface area contributed by atoms with E-state index in [1.807, 2.05) is 6.08 Å². The second-order valence-electron chi connectivity index (χ2n) is 3.34. The van der Waals surface area contributed by atoms with Gasteiger partial charge in [-0.3, -0.25) is 4.79 Å². The van der Waals surface area contributed by atoms with Crippen LogP contribution in [0, 0.1) is 0 Å². The van der Waals surface area contributed by atoms with Gasteiger partial charge in [0.1, 0.15) is 0 Å². The zero-order chi connectivity index (χ0) is 9.94. The molecule has 2 nitrogen and oxygen atoms in total. The molecule has 0 unspecified atom stereocenters. The topological polar surface area (TPSA) is 37.3 Å². The van der Waals surface area contributed by atoms with Gasteiger partial charge in [0.2, 0.25) is 0 Å². The van der Waals surface area contributed by atoms with Gasteiger partial charge in [-0.1, -0.05) is 31.8 Å². The molecule has 0 aliphatic heterocycles. The zero-order valence-electron chi connectivity index (χ0n) is 8.63. The van der Waals surface area contributed by atoms with Crippen LogP contribution in [0.3, 0.4) is 0 Å². The van der Waals surface area contributed by atoms with Gasteiger partial charge in [0.25, 0.3) is 0 Å². The summed E-state index contributed by atoms with van der Waals surface area (Å²) in [6.45, 7) is 3.66. The molecule has 14 heavy (non-hydrogen) atoms. The summed E-state index contributed by atoms with van der Waals surface area (Å²) in [4.78, 5) is 10.2. The van der Waals surface area contributed by atoms with E-state index in [0.717, 1.165) is 19.3 Å². The van der Waals surface area contributed by atoms with Crippen LogP contribution >= 0.6 is 0 Å². The van der Waals surface area contributed by atoms with Crippen LogP contribution < -0.4 is 0 Å². The Balaban J connectivity index is 0. The van der Waals surface area contributed by atoms with Gasteiger partial charge >= 0.3 is 22.7 Å². The Morgan fingerprint density at radius 1 is 1.07 bits per heavy atom. The molecule has 0 fully saturated rings. The monoisotopic (exact) mass is 243 g/mol. The first-order valence-corrected chi connectivity index (χ1v) is 5.10. The summed E-state index contributed by atoms with van der Waals surface area (Å²) in [6, 6.07) is 0. The normalized spacial score (nSPS) is 9.14. The van der Waals surface area contributed by atoms with E-state index >= 15 is 0 Å². The van der Waals surface area contributed by atoms with E-state index < -0.39 is 5.97 Å². The van der Waals surface area contributed by atoms with Crippen molar-refractivity contribution in [1.29, 1.82) is 0 Å². The smallest absolute Gasteiger partial charge is 0.481 e. The molecule has 0 atom stereocenters. The van der Waals surface area contributed by atoms with Gasteiger partial charge in [-0.15, -0.1) is 6.58 Å². The molecule has 0 saturated carbocycles. The van der Waals surface area contributed by atoms with E-state index in [1.165, 1.54) is 25.7 Å². The molecule has 0 rings (SSSR count). The first-order chi connectivity index (χ1) is 6.27. The van der Waals surface area contributed by atoms with Crippen LogP contribution in [0.4, 0.5) is 0 Å². The predicted octanol–water partition coefficient (Wildman–Crippen LogP) is 3.38. The largest absolute Gasteiger partial charge is 2.00 e. The van der Waals surface area contributed by atoms with Gasteiger partial charge in [0.15, 0.2) is 0 Å². The van der Waals surface area contributed by atoms with Crippen molar-refractivity contribution >= 4 is 5.97 Å². The fourth-order valence-corrected chi connectivity index (χ4v) is 1.27. The first kappa shape index (κ1) is 16.2. The summed E-state index contributed by atoms with van der Waals surface area (Å²) in [5, 5.41) is 8.38. The summed E-state index contributed by atoms with van der Waals surface area (Å²) in [5.41, 5.74) is 0. The fraction of sp³-hybridized carbons (Fsp3) is 0.727. The van der Waals surface area contributed by atoms with Gasteiger partial charge in [0.05, 0.1) is 0 Å². The number of carboxylic acid groups (broad SMARTS) is 1. The number of carbonyl (C=O) groups is 1. The molecular formula is C11H20CoO2+2. The Morgan fingerprint density at radius 2 is 1.57 bits per heavy atom. The van der Waals surface area contributed by atoms with E-state index in [1.54, 1.807) is 0 Å². The first-order valence-electron chi connectivity index (χ1n) is 5.10. The van der Waals surface area contributed by atoms with E-state index in [2.05, 4.69) is 6.58 Å². The second kappa shape index (κ2) is 12.7. The molecule has 0 spiro atoms. The Morgan fingerprint density at radius 3 is 2.07 bits per heavy atom. The average molecular weight is 243 g/mol. The minimum absolute atomic E-state index is 0. The fourth-order valence-electron chi connectivity index (χ4n) is 1.27. The molecule has 1 radical (unpaired) electrons. The van der Waals surface area contributed by atoms with Crippen LogP contribution in [0.2, 0.25) is 0 Å². The molecule has 0 bridgehead atoms. The maximum Gasteiger partial charge on any atom is 2.00 e. The Bertz CT molecular complexity index is 146. The van der Waals surface area contributed by atoms with E-state index in [0.29, 0.717) is 6.42 Å². The maximum absolute atomic E-state index is 10.2. The number of unbranched alkanes of at least 4 members (excludes halogenated alkanes) is 6. The summed E-state index contributed by atoms with van der Waals surface area (Å²) in [7, 11) is 0. The number of hydrogen-bond donors (Lipinski definition) is 1. The van der Waals surface area contributed by atoms with Crippen LogP contribution in [0.25, 0.3) is 0 Å². The van der Waals surface area contributed by atoms with E-state index in [-0.39, 0.29) is 16.8 Å². The standard InChI is InChI=1S/C11H20O2.Co/c1-2-3-4-5-6-7-8-9-10-11(12)13;/h2H,1,3-10H2,(H,12,13);/q;+2. The quantitative estimate of drug-likeness (QED) is 0.498. The molecule has 0 heterocycles. The molecule has 0 aromatic heterocycles. The molecule has 1 N–H and O–H groups in total. The summed E-state index contributed by atoms with van der Waals surface area (Å²) < 4.78 is 0. The van der Waals surface area contributed by atoms with Crippen molar-refractivity contribution in [1.82, 2.24) is 0 Å². The third-order valence-corrected chi connectivity index (χ3v) is 2.05. The molecular weight excluding hydrogens is 223 g/mol. The minimum atomic E-state index is -0.674. The van der Waals surface area contributed by atoms with Crippen LogP contribution in [0.15, 0.2) is 12.7 Å². The molecule has 0 aromatic rings. The van der Waals surface area contributed by atoms with E-state index in [9.17, 15) is 4.79 Å². The molecule has 3 heteroatoms. The average Bonchev–Trinajstić information content (AvgIpc) is 2.09. The zero-order valence-corrected chi connectivity index (χ0v) is 9.67. The van der Waals surface area contributed by atoms with Crippen LogP contribution in [0.5, 0.6) is 0 Å². The molecule has 0 aliphatic carbocycles. The van der Waals surface area contributed by atoms with Gasteiger partial charge in [-0.2, -0.15) is 0 Å². The number of rotatable bonds is 9. The molecule has 83 valence electrons. The maximum atomic E-state index is 10.2. The van der Waals surface area contributed by atoms with Gasteiger partial charge in [-0.05, 0) is 19.3 Å². The van der Waals surface area contributed by atoms with Crippen molar-refractivity contribution in [3.8, 4) is 0 Å². The molecule has 0 saturated heterocycles. The van der Waals surface area contributed by atoms with Gasteiger partial charge in [-0.25, -0.2) is 0 Å². The number of aliphatic carboxylic acids is 1. The Kier molecular flexibility index (Phi) is 14.7. The Hall–Kier alpha value is -0.284. The number of hydrogen-bond acceptors (Lipinski definition) is 1. The third-order valence-electron chi connectivity index (χ3n) is 2.05. The molecule has 0 aromatic carbocycles. The Labute approximate surface area is 97.0 Å². The third kappa shape index (κ3) is 14.3. The summed E-state index contributed by atoms with van der Waals surface area (Å²) in [6.07, 6.45) is 10.1. The summed E-state index contributed by atoms with van der Waals surface area (Å²) in [5.74, 6) is -0.674. The van der Waals surface area contributed by atoms with Crippen molar-refractivity contribution in [3.63, 3.8) is 0 Å². The van der Waals surface area contributed by atoms with E-state index in [4.69, 9.17) is 5.11 Å². The van der Waals surface area contributed by atoms with Crippen molar-refractivity contribution < 1.29 is 26.7 Å². The van der Waals surface area contributed by atoms with Crippen LogP contribution in [-0.2, 0) is 21.6 Å². The van der Waals surface area contributed by atoms with Crippen LogP contribution in [-0.4, -0.2) is 11.1 Å². The van der Waals surface area contributed by atoms with Crippen LogP contribution in [0.1, 0.15) is 51.4 Å². The van der Waals surface area contributed by atoms with Crippen molar-refractivity contribution in [2.24, 2.45) is 0 Å². The number of carboxylic acids is 1. The second-order valence-corrected chi connectivity index (χ2v) is 3.34.